The van der Waals surface area contributed by atoms with Gasteiger partial charge in [-0.2, -0.15) is 0 Å². The van der Waals surface area contributed by atoms with Crippen molar-refractivity contribution in [2.75, 3.05) is 13.2 Å². The van der Waals surface area contributed by atoms with Crippen LogP contribution in [0.1, 0.15) is 56.1 Å². The minimum atomic E-state index is -0.979. The van der Waals surface area contributed by atoms with Crippen LogP contribution in [0, 0.1) is 0 Å². The van der Waals surface area contributed by atoms with Crippen molar-refractivity contribution in [3.63, 3.8) is 0 Å². The number of carbonyl (C=O) groups is 3. The normalized spacial score (nSPS) is 15.3. The maximum Gasteiger partial charge on any atom is 0.407 e. The Kier molecular flexibility index (Phi) is 6.96. The molecule has 0 spiro atoms. The molecule has 0 radical (unpaired) electrons. The number of benzene rings is 2. The molecule has 174 valence electrons. The lowest BCUT2D eigenvalue weighted by Gasteiger charge is -2.26. The zero-order valence-corrected chi connectivity index (χ0v) is 18.8. The highest BCUT2D eigenvalue weighted by atomic mass is 16.5. The average Bonchev–Trinajstić information content (AvgIpc) is 3.59. The van der Waals surface area contributed by atoms with Gasteiger partial charge in [-0.1, -0.05) is 48.5 Å². The molecule has 2 N–H and O–H groups in total. The van der Waals surface area contributed by atoms with E-state index in [4.69, 9.17) is 4.74 Å². The van der Waals surface area contributed by atoms with Crippen molar-refractivity contribution < 1.29 is 24.2 Å². The van der Waals surface area contributed by atoms with Gasteiger partial charge in [-0.05, 0) is 54.9 Å². The third-order valence-corrected chi connectivity index (χ3v) is 6.43. The van der Waals surface area contributed by atoms with E-state index in [-0.39, 0.29) is 30.9 Å². The topological polar surface area (TPSA) is 95.9 Å². The van der Waals surface area contributed by atoms with Crippen LogP contribution in [0.3, 0.4) is 0 Å². The lowest BCUT2D eigenvalue weighted by atomic mass is 9.98. The number of carboxylic acid groups (broad SMARTS) is 1. The molecule has 1 fully saturated rings. The van der Waals surface area contributed by atoms with Gasteiger partial charge in [0.05, 0.1) is 0 Å². The Morgan fingerprint density at radius 3 is 2.21 bits per heavy atom. The Bertz CT molecular complexity index is 987. The van der Waals surface area contributed by atoms with Gasteiger partial charge >= 0.3 is 12.1 Å². The van der Waals surface area contributed by atoms with E-state index in [1.54, 1.807) is 6.92 Å². The number of nitrogens with one attached hydrogen (secondary N) is 1. The lowest BCUT2D eigenvalue weighted by molar-refractivity contribution is -0.150. The molecule has 1 saturated carbocycles. The number of carbonyl (C=O) groups excluding carboxylic acids is 2. The first kappa shape index (κ1) is 22.8. The number of amides is 2. The van der Waals surface area contributed by atoms with Gasteiger partial charge in [-0.15, -0.1) is 0 Å². The van der Waals surface area contributed by atoms with Crippen molar-refractivity contribution in [1.29, 1.82) is 0 Å². The summed E-state index contributed by atoms with van der Waals surface area (Å²) in [6.45, 7) is 2.22. The third-order valence-electron chi connectivity index (χ3n) is 6.43. The zero-order chi connectivity index (χ0) is 23.4. The zero-order valence-electron chi connectivity index (χ0n) is 18.8. The van der Waals surface area contributed by atoms with Gasteiger partial charge in [0, 0.05) is 24.9 Å². The molecule has 0 bridgehead atoms. The maximum atomic E-state index is 12.5. The van der Waals surface area contributed by atoms with Gasteiger partial charge in [0.15, 0.2) is 0 Å². The monoisotopic (exact) mass is 450 g/mol. The molecular formula is C26H30N2O5. The summed E-state index contributed by atoms with van der Waals surface area (Å²) in [5, 5.41) is 12.0. The molecule has 33 heavy (non-hydrogen) atoms. The molecule has 0 aliphatic heterocycles. The van der Waals surface area contributed by atoms with E-state index in [1.807, 2.05) is 24.3 Å². The number of ether oxygens (including phenoxy) is 1. The lowest BCUT2D eigenvalue weighted by Crippen LogP contribution is -2.44. The number of alkyl carbamates (subject to hydrolysis) is 1. The number of aliphatic carboxylic acids is 1. The second-order valence-electron chi connectivity index (χ2n) is 8.76. The van der Waals surface area contributed by atoms with Crippen LogP contribution < -0.4 is 5.32 Å². The Hall–Kier alpha value is -3.35. The molecule has 7 nitrogen and oxygen atoms in total. The van der Waals surface area contributed by atoms with Crippen LogP contribution in [-0.2, 0) is 14.3 Å². The standard InChI is InChI=1S/C26H30N2O5/c1-17(25(30)31)28(18-13-14-18)24(29)12-6-7-15-27-26(32)33-16-23-21-10-4-2-8-19(21)20-9-3-5-11-22(20)23/h2-5,8-11,17-18,23H,6-7,12-16H2,1H3,(H,27,32)(H,30,31). The minimum Gasteiger partial charge on any atom is -0.480 e. The largest absolute Gasteiger partial charge is 0.480 e. The van der Waals surface area contributed by atoms with Gasteiger partial charge in [-0.3, -0.25) is 4.79 Å². The molecular weight excluding hydrogens is 420 g/mol. The Morgan fingerprint density at radius 1 is 1.03 bits per heavy atom. The van der Waals surface area contributed by atoms with Crippen molar-refractivity contribution in [1.82, 2.24) is 10.2 Å². The SMILES string of the molecule is CC(C(=O)O)N(C(=O)CCCCNC(=O)OCC1c2ccccc2-c2ccccc21)C1CC1. The van der Waals surface area contributed by atoms with Crippen LogP contribution in [0.4, 0.5) is 4.79 Å². The van der Waals surface area contributed by atoms with Crippen LogP contribution in [-0.4, -0.2) is 53.2 Å². The van der Waals surface area contributed by atoms with Crippen LogP contribution in [0.15, 0.2) is 48.5 Å². The highest BCUT2D eigenvalue weighted by molar-refractivity contribution is 5.84. The van der Waals surface area contributed by atoms with E-state index in [1.165, 1.54) is 27.2 Å². The molecule has 2 amide bonds. The van der Waals surface area contributed by atoms with Gasteiger partial charge in [0.25, 0.3) is 0 Å². The molecule has 7 heteroatoms. The summed E-state index contributed by atoms with van der Waals surface area (Å²) < 4.78 is 5.51. The van der Waals surface area contributed by atoms with Crippen molar-refractivity contribution in [2.24, 2.45) is 0 Å². The summed E-state index contributed by atoms with van der Waals surface area (Å²) >= 11 is 0. The summed E-state index contributed by atoms with van der Waals surface area (Å²) in [4.78, 5) is 37.5. The van der Waals surface area contributed by atoms with E-state index in [9.17, 15) is 19.5 Å². The summed E-state index contributed by atoms with van der Waals surface area (Å²) in [6, 6.07) is 15.6. The molecule has 2 aromatic carbocycles. The molecule has 2 aliphatic rings. The number of hydrogen-bond acceptors (Lipinski definition) is 4. The Morgan fingerprint density at radius 2 is 1.64 bits per heavy atom. The maximum absolute atomic E-state index is 12.5. The van der Waals surface area contributed by atoms with Gasteiger partial charge in [-0.25, -0.2) is 9.59 Å². The van der Waals surface area contributed by atoms with Crippen LogP contribution in [0.2, 0.25) is 0 Å². The fourth-order valence-electron chi connectivity index (χ4n) is 4.58. The molecule has 0 aromatic heterocycles. The molecule has 4 rings (SSSR count). The highest BCUT2D eigenvalue weighted by Crippen LogP contribution is 2.44. The van der Waals surface area contributed by atoms with Gasteiger partial charge in [0.1, 0.15) is 12.6 Å². The summed E-state index contributed by atoms with van der Waals surface area (Å²) in [7, 11) is 0. The van der Waals surface area contributed by atoms with Crippen molar-refractivity contribution >= 4 is 18.0 Å². The molecule has 0 heterocycles. The number of hydrogen-bond donors (Lipinski definition) is 2. The predicted molar refractivity (Wildman–Crippen MR) is 124 cm³/mol. The quantitative estimate of drug-likeness (QED) is 0.530. The first-order valence-electron chi connectivity index (χ1n) is 11.6. The van der Waals surface area contributed by atoms with Gasteiger partial charge in [0.2, 0.25) is 5.91 Å². The summed E-state index contributed by atoms with van der Waals surface area (Å²) in [5.74, 6) is -1.09. The first-order valence-corrected chi connectivity index (χ1v) is 11.6. The van der Waals surface area contributed by atoms with Crippen LogP contribution in [0.5, 0.6) is 0 Å². The van der Waals surface area contributed by atoms with E-state index < -0.39 is 18.1 Å². The third kappa shape index (κ3) is 5.18. The number of fused-ring (bicyclic) bond motifs is 3. The van der Waals surface area contributed by atoms with Crippen molar-refractivity contribution in [2.45, 2.75) is 57.0 Å². The van der Waals surface area contributed by atoms with Crippen molar-refractivity contribution in [3.05, 3.63) is 59.7 Å². The highest BCUT2D eigenvalue weighted by Gasteiger charge is 2.37. The molecule has 0 saturated heterocycles. The van der Waals surface area contributed by atoms with Crippen molar-refractivity contribution in [3.8, 4) is 11.1 Å². The van der Waals surface area contributed by atoms with E-state index in [0.29, 0.717) is 19.4 Å². The Balaban J connectivity index is 1.19. The van der Waals surface area contributed by atoms with Crippen LogP contribution in [0.25, 0.3) is 11.1 Å². The van der Waals surface area contributed by atoms with E-state index in [0.717, 1.165) is 12.8 Å². The summed E-state index contributed by atoms with van der Waals surface area (Å²) in [6.07, 6.45) is 2.75. The smallest absolute Gasteiger partial charge is 0.407 e. The number of carboxylic acids is 1. The van der Waals surface area contributed by atoms with E-state index >= 15 is 0 Å². The van der Waals surface area contributed by atoms with Gasteiger partial charge < -0.3 is 20.1 Å². The molecule has 1 unspecified atom stereocenters. The Labute approximate surface area is 193 Å². The minimum absolute atomic E-state index is 0.0189. The second kappa shape index (κ2) is 10.1. The number of rotatable bonds is 10. The number of unbranched alkanes of at least 4 members (excludes halogenated alkanes) is 1. The van der Waals surface area contributed by atoms with E-state index in [2.05, 4.69) is 29.6 Å². The molecule has 1 atom stereocenters. The average molecular weight is 451 g/mol. The fourth-order valence-corrected chi connectivity index (χ4v) is 4.58. The first-order chi connectivity index (χ1) is 16.0. The number of nitrogens with zero attached hydrogens (tertiary/aromatic N) is 1. The second-order valence-corrected chi connectivity index (χ2v) is 8.76. The molecule has 2 aliphatic carbocycles. The van der Waals surface area contributed by atoms with Crippen LogP contribution >= 0.6 is 0 Å². The fraction of sp³-hybridized carbons (Fsp3) is 0.423. The predicted octanol–water partition coefficient (Wildman–Crippen LogP) is 4.16. The summed E-state index contributed by atoms with van der Waals surface area (Å²) in [5.41, 5.74) is 4.70. The molecule has 2 aromatic rings.